The molecule has 0 aromatic heterocycles. The number of amides is 1. The van der Waals surface area contributed by atoms with Crippen LogP contribution in [0.1, 0.15) is 100 Å². The van der Waals surface area contributed by atoms with Crippen LogP contribution in [0.3, 0.4) is 0 Å². The van der Waals surface area contributed by atoms with E-state index in [1.165, 1.54) is 37.7 Å². The van der Waals surface area contributed by atoms with Gasteiger partial charge in [-0.15, -0.1) is 0 Å². The Balaban J connectivity index is 1.52. The molecule has 1 aromatic rings. The lowest BCUT2D eigenvalue weighted by atomic mass is 9.71. The number of benzene rings is 1. The smallest absolute Gasteiger partial charge is 0.292 e. The first-order chi connectivity index (χ1) is 12.8. The molecule has 0 bridgehead atoms. The van der Waals surface area contributed by atoms with E-state index in [-0.39, 0.29) is 6.04 Å². The van der Waals surface area contributed by atoms with Gasteiger partial charge in [-0.3, -0.25) is 9.59 Å². The Bertz CT molecular complexity index is 642. The summed E-state index contributed by atoms with van der Waals surface area (Å²) in [6.45, 7) is 6.87. The second kappa shape index (κ2) is 8.58. The van der Waals surface area contributed by atoms with E-state index in [1.54, 1.807) is 0 Å². The largest absolute Gasteiger partial charge is 0.346 e. The third-order valence-electron chi connectivity index (χ3n) is 6.74. The van der Waals surface area contributed by atoms with Crippen molar-refractivity contribution in [1.82, 2.24) is 5.32 Å². The first kappa shape index (κ1) is 20.1. The SMILES string of the molecule is CC(C)(C)C1CCC(NC(=O)C(=O)c2ccc(C3CCCCC3)cc2)CC1. The van der Waals surface area contributed by atoms with Crippen molar-refractivity contribution in [3.8, 4) is 0 Å². The van der Waals surface area contributed by atoms with E-state index in [2.05, 4.69) is 26.1 Å². The summed E-state index contributed by atoms with van der Waals surface area (Å²) >= 11 is 0. The predicted octanol–water partition coefficient (Wildman–Crippen LogP) is 5.64. The second-order valence-electron chi connectivity index (χ2n) is 9.67. The highest BCUT2D eigenvalue weighted by Gasteiger charge is 2.31. The van der Waals surface area contributed by atoms with Gasteiger partial charge in [0.2, 0.25) is 5.78 Å². The summed E-state index contributed by atoms with van der Waals surface area (Å²) in [5.41, 5.74) is 2.15. The maximum absolute atomic E-state index is 12.5. The van der Waals surface area contributed by atoms with Crippen molar-refractivity contribution in [1.29, 1.82) is 0 Å². The molecule has 1 amide bonds. The molecule has 3 rings (SSSR count). The van der Waals surface area contributed by atoms with E-state index in [1.807, 2.05) is 24.3 Å². The van der Waals surface area contributed by atoms with Gasteiger partial charge in [0.25, 0.3) is 5.91 Å². The zero-order chi connectivity index (χ0) is 19.4. The van der Waals surface area contributed by atoms with E-state index < -0.39 is 11.7 Å². The third kappa shape index (κ3) is 5.21. The molecule has 0 heterocycles. The molecule has 0 aliphatic heterocycles. The lowest BCUT2D eigenvalue weighted by Crippen LogP contribution is -2.42. The highest BCUT2D eigenvalue weighted by atomic mass is 16.2. The fourth-order valence-corrected chi connectivity index (χ4v) is 4.83. The number of ketones is 1. The molecule has 2 aliphatic rings. The number of hydrogen-bond donors (Lipinski definition) is 1. The molecular formula is C24H35NO2. The first-order valence-corrected chi connectivity index (χ1v) is 10.8. The predicted molar refractivity (Wildman–Crippen MR) is 110 cm³/mol. The normalized spacial score (nSPS) is 24.4. The van der Waals surface area contributed by atoms with Crippen LogP contribution >= 0.6 is 0 Å². The van der Waals surface area contributed by atoms with Crippen LogP contribution in [-0.4, -0.2) is 17.7 Å². The number of carbonyl (C=O) groups excluding carboxylic acids is 2. The van der Waals surface area contributed by atoms with Crippen LogP contribution in [0.25, 0.3) is 0 Å². The summed E-state index contributed by atoms with van der Waals surface area (Å²) in [5.74, 6) is 0.478. The van der Waals surface area contributed by atoms with Gasteiger partial charge in [0, 0.05) is 11.6 Å². The molecule has 1 aromatic carbocycles. The summed E-state index contributed by atoms with van der Waals surface area (Å²) in [6.07, 6.45) is 10.6. The number of carbonyl (C=O) groups is 2. The molecule has 3 heteroatoms. The van der Waals surface area contributed by atoms with Crippen molar-refractivity contribution in [3.63, 3.8) is 0 Å². The minimum absolute atomic E-state index is 0.140. The van der Waals surface area contributed by atoms with Gasteiger partial charge in [-0.25, -0.2) is 0 Å². The van der Waals surface area contributed by atoms with Crippen molar-refractivity contribution < 1.29 is 9.59 Å². The van der Waals surface area contributed by atoms with Crippen LogP contribution in [0.2, 0.25) is 0 Å². The Kier molecular flexibility index (Phi) is 6.39. The van der Waals surface area contributed by atoms with Gasteiger partial charge >= 0.3 is 0 Å². The molecule has 1 N–H and O–H groups in total. The summed E-state index contributed by atoms with van der Waals surface area (Å²) in [4.78, 5) is 24.9. The Hall–Kier alpha value is -1.64. The van der Waals surface area contributed by atoms with Crippen LogP contribution in [0, 0.1) is 11.3 Å². The highest BCUT2D eigenvalue weighted by Crippen LogP contribution is 2.37. The monoisotopic (exact) mass is 369 g/mol. The Morgan fingerprint density at radius 3 is 2.00 bits per heavy atom. The fraction of sp³-hybridized carbons (Fsp3) is 0.667. The number of rotatable bonds is 4. The van der Waals surface area contributed by atoms with Gasteiger partial charge in [-0.2, -0.15) is 0 Å². The third-order valence-corrected chi connectivity index (χ3v) is 6.74. The maximum atomic E-state index is 12.5. The molecule has 0 saturated heterocycles. The van der Waals surface area contributed by atoms with Gasteiger partial charge in [-0.05, 0) is 61.3 Å². The second-order valence-corrected chi connectivity index (χ2v) is 9.67. The van der Waals surface area contributed by atoms with E-state index in [0.29, 0.717) is 22.8 Å². The number of Topliss-reactive ketones (excluding diaryl/α,β-unsaturated/α-hetero) is 1. The fourth-order valence-electron chi connectivity index (χ4n) is 4.83. The van der Waals surface area contributed by atoms with E-state index in [4.69, 9.17) is 0 Å². The zero-order valence-electron chi connectivity index (χ0n) is 17.2. The quantitative estimate of drug-likeness (QED) is 0.551. The Morgan fingerprint density at radius 1 is 0.852 bits per heavy atom. The van der Waals surface area contributed by atoms with Gasteiger partial charge in [0.05, 0.1) is 0 Å². The van der Waals surface area contributed by atoms with E-state index >= 15 is 0 Å². The lowest BCUT2D eigenvalue weighted by Gasteiger charge is -2.37. The minimum atomic E-state index is -0.445. The van der Waals surface area contributed by atoms with Gasteiger partial charge in [-0.1, -0.05) is 64.3 Å². The molecule has 0 spiro atoms. The number of nitrogens with one attached hydrogen (secondary N) is 1. The molecule has 2 fully saturated rings. The molecule has 2 saturated carbocycles. The average molecular weight is 370 g/mol. The summed E-state index contributed by atoms with van der Waals surface area (Å²) in [7, 11) is 0. The molecule has 3 nitrogen and oxygen atoms in total. The van der Waals surface area contributed by atoms with Crippen LogP contribution in [0.4, 0.5) is 0 Å². The standard InChI is InChI=1S/C24H35NO2/c1-24(2,3)20-13-15-21(16-14-20)25-23(27)22(26)19-11-9-18(10-12-19)17-7-5-4-6-8-17/h9-12,17,20-21H,4-8,13-16H2,1-3H3,(H,25,27). The van der Waals surface area contributed by atoms with Crippen molar-refractivity contribution in [2.24, 2.45) is 11.3 Å². The summed E-state index contributed by atoms with van der Waals surface area (Å²) in [5, 5.41) is 2.98. The first-order valence-electron chi connectivity index (χ1n) is 10.8. The Labute approximate surface area is 164 Å². The molecule has 148 valence electrons. The lowest BCUT2D eigenvalue weighted by molar-refractivity contribution is -0.118. The zero-order valence-corrected chi connectivity index (χ0v) is 17.2. The van der Waals surface area contributed by atoms with Gasteiger partial charge in [0.15, 0.2) is 0 Å². The minimum Gasteiger partial charge on any atom is -0.346 e. The summed E-state index contributed by atoms with van der Waals surface area (Å²) < 4.78 is 0. The van der Waals surface area contributed by atoms with E-state index in [9.17, 15) is 9.59 Å². The van der Waals surface area contributed by atoms with Gasteiger partial charge < -0.3 is 5.32 Å². The molecule has 0 radical (unpaired) electrons. The molecule has 27 heavy (non-hydrogen) atoms. The maximum Gasteiger partial charge on any atom is 0.292 e. The van der Waals surface area contributed by atoms with Crippen molar-refractivity contribution >= 4 is 11.7 Å². The highest BCUT2D eigenvalue weighted by molar-refractivity contribution is 6.42. The van der Waals surface area contributed by atoms with Crippen LogP contribution in [0.5, 0.6) is 0 Å². The van der Waals surface area contributed by atoms with Crippen molar-refractivity contribution in [2.45, 2.75) is 90.5 Å². The van der Waals surface area contributed by atoms with Crippen LogP contribution < -0.4 is 5.32 Å². The van der Waals surface area contributed by atoms with Crippen molar-refractivity contribution in [3.05, 3.63) is 35.4 Å². The van der Waals surface area contributed by atoms with Crippen LogP contribution in [0.15, 0.2) is 24.3 Å². The molecule has 0 unspecified atom stereocenters. The van der Waals surface area contributed by atoms with E-state index in [0.717, 1.165) is 25.7 Å². The van der Waals surface area contributed by atoms with Gasteiger partial charge in [0.1, 0.15) is 0 Å². The summed E-state index contributed by atoms with van der Waals surface area (Å²) in [6, 6.07) is 7.91. The molecular weight excluding hydrogens is 334 g/mol. The molecule has 2 aliphatic carbocycles. The average Bonchev–Trinajstić information content (AvgIpc) is 2.68. The topological polar surface area (TPSA) is 46.2 Å². The number of hydrogen-bond acceptors (Lipinski definition) is 2. The van der Waals surface area contributed by atoms with Crippen molar-refractivity contribution in [2.75, 3.05) is 0 Å². The Morgan fingerprint density at radius 2 is 1.44 bits per heavy atom. The molecule has 0 atom stereocenters. The van der Waals surface area contributed by atoms with Crippen LogP contribution in [-0.2, 0) is 4.79 Å².